The van der Waals surface area contributed by atoms with Crippen molar-refractivity contribution >= 4 is 33.1 Å². The van der Waals surface area contributed by atoms with Gasteiger partial charge in [-0.1, -0.05) is 24.6 Å². The van der Waals surface area contributed by atoms with Gasteiger partial charge in [-0.15, -0.1) is 0 Å². The van der Waals surface area contributed by atoms with Crippen LogP contribution in [-0.4, -0.2) is 57.7 Å². The number of aromatic nitrogens is 1. The Morgan fingerprint density at radius 2 is 1.94 bits per heavy atom. The summed E-state index contributed by atoms with van der Waals surface area (Å²) in [5, 5.41) is -0.851. The third-order valence-corrected chi connectivity index (χ3v) is 7.48. The number of anilines is 2. The molecule has 2 aromatic rings. The molecule has 0 radical (unpaired) electrons. The standard InChI is InChI=1S/C20H21ClF6N4O2S/c1-3-30(2)10-19(20(25,26)27)7-8-31(11-19)13-9-12(22)18(17(24)16(13)21)34(32,33)29-15-6-4-5-14(23)28-15/h4-6,9H,3,7-8,10-11H2,1-2H3,(H,28,29)/t19-/m1/s1. The van der Waals surface area contributed by atoms with Gasteiger partial charge in [-0.05, 0) is 32.1 Å². The van der Waals surface area contributed by atoms with E-state index in [1.54, 1.807) is 11.6 Å². The molecular formula is C20H21ClF6N4O2S. The minimum Gasteiger partial charge on any atom is -0.369 e. The summed E-state index contributed by atoms with van der Waals surface area (Å²) >= 11 is 5.98. The molecule has 0 bridgehead atoms. The summed E-state index contributed by atoms with van der Waals surface area (Å²) in [5.41, 5.74) is -2.56. The summed E-state index contributed by atoms with van der Waals surface area (Å²) < 4.78 is 112. The zero-order valence-corrected chi connectivity index (χ0v) is 19.6. The van der Waals surface area contributed by atoms with Crippen LogP contribution in [0.1, 0.15) is 13.3 Å². The van der Waals surface area contributed by atoms with Crippen LogP contribution in [0.3, 0.4) is 0 Å². The Morgan fingerprint density at radius 3 is 2.53 bits per heavy atom. The number of alkyl halides is 3. The van der Waals surface area contributed by atoms with Gasteiger partial charge in [-0.25, -0.2) is 22.2 Å². The Kier molecular flexibility index (Phi) is 7.30. The van der Waals surface area contributed by atoms with Gasteiger partial charge in [-0.2, -0.15) is 17.6 Å². The summed E-state index contributed by atoms with van der Waals surface area (Å²) in [6.45, 7) is 0.917. The fourth-order valence-corrected chi connectivity index (χ4v) is 5.32. The van der Waals surface area contributed by atoms with Crippen molar-refractivity contribution in [2.75, 3.05) is 42.8 Å². The molecule has 1 aliphatic heterocycles. The lowest BCUT2D eigenvalue weighted by molar-refractivity contribution is -0.220. The number of pyridine rings is 1. The Balaban J connectivity index is 1.97. The molecule has 1 aromatic heterocycles. The van der Waals surface area contributed by atoms with E-state index in [0.29, 0.717) is 12.6 Å². The second-order valence-corrected chi connectivity index (χ2v) is 10.1. The molecule has 6 nitrogen and oxygen atoms in total. The van der Waals surface area contributed by atoms with E-state index in [-0.39, 0.29) is 19.5 Å². The number of benzene rings is 1. The number of nitrogens with zero attached hydrogens (tertiary/aromatic N) is 3. The number of halogens is 7. The van der Waals surface area contributed by atoms with Crippen molar-refractivity contribution in [2.24, 2.45) is 5.41 Å². The highest BCUT2D eigenvalue weighted by atomic mass is 35.5. The monoisotopic (exact) mass is 530 g/mol. The minimum absolute atomic E-state index is 0.201. The van der Waals surface area contributed by atoms with Gasteiger partial charge in [0.15, 0.2) is 10.7 Å². The Bertz CT molecular complexity index is 1180. The lowest BCUT2D eigenvalue weighted by Crippen LogP contribution is -2.48. The van der Waals surface area contributed by atoms with E-state index in [1.807, 2.05) is 0 Å². The summed E-state index contributed by atoms with van der Waals surface area (Å²) in [6.07, 6.45) is -4.94. The van der Waals surface area contributed by atoms with Gasteiger partial charge in [0.05, 0.1) is 11.1 Å². The van der Waals surface area contributed by atoms with Crippen molar-refractivity contribution in [3.8, 4) is 0 Å². The smallest absolute Gasteiger partial charge is 0.369 e. The van der Waals surface area contributed by atoms with Crippen LogP contribution in [0.15, 0.2) is 29.2 Å². The van der Waals surface area contributed by atoms with E-state index in [9.17, 15) is 30.4 Å². The van der Waals surface area contributed by atoms with Gasteiger partial charge < -0.3 is 9.80 Å². The molecule has 0 aliphatic carbocycles. The largest absolute Gasteiger partial charge is 0.397 e. The van der Waals surface area contributed by atoms with Crippen LogP contribution < -0.4 is 9.62 Å². The van der Waals surface area contributed by atoms with Crippen LogP contribution in [0.4, 0.5) is 37.8 Å². The Labute approximate surface area is 197 Å². The van der Waals surface area contributed by atoms with E-state index in [1.165, 1.54) is 11.9 Å². The number of rotatable bonds is 7. The predicted octanol–water partition coefficient (Wildman–Crippen LogP) is 4.66. The molecule has 34 heavy (non-hydrogen) atoms. The van der Waals surface area contributed by atoms with E-state index >= 15 is 4.39 Å². The summed E-state index contributed by atoms with van der Waals surface area (Å²) in [4.78, 5) is 4.38. The molecule has 0 spiro atoms. The molecular weight excluding hydrogens is 510 g/mol. The molecule has 0 saturated carbocycles. The highest BCUT2D eigenvalue weighted by Gasteiger charge is 2.58. The van der Waals surface area contributed by atoms with Gasteiger partial charge in [0.2, 0.25) is 5.95 Å². The highest BCUT2D eigenvalue weighted by Crippen LogP contribution is 2.48. The summed E-state index contributed by atoms with van der Waals surface area (Å²) in [7, 11) is -3.41. The zero-order chi connectivity index (χ0) is 25.5. The first-order valence-electron chi connectivity index (χ1n) is 10.0. The molecule has 1 aliphatic rings. The molecule has 0 unspecified atom stereocenters. The predicted molar refractivity (Wildman–Crippen MR) is 115 cm³/mol. The van der Waals surface area contributed by atoms with E-state index in [4.69, 9.17) is 11.6 Å². The van der Waals surface area contributed by atoms with Crippen LogP contribution in [-0.2, 0) is 10.0 Å². The van der Waals surface area contributed by atoms with E-state index < -0.39 is 67.2 Å². The normalized spacial score (nSPS) is 19.2. The lowest BCUT2D eigenvalue weighted by atomic mass is 9.85. The third kappa shape index (κ3) is 5.05. The first-order valence-corrected chi connectivity index (χ1v) is 11.9. The second-order valence-electron chi connectivity index (χ2n) is 8.07. The maximum Gasteiger partial charge on any atom is 0.397 e. The van der Waals surface area contributed by atoms with Crippen LogP contribution in [0.5, 0.6) is 0 Å². The Morgan fingerprint density at radius 1 is 1.26 bits per heavy atom. The van der Waals surface area contributed by atoms with Crippen molar-refractivity contribution in [3.05, 3.63) is 46.9 Å². The topological polar surface area (TPSA) is 65.5 Å². The fourth-order valence-electron chi connectivity index (χ4n) is 3.85. The SMILES string of the molecule is CCN(C)C[C@]1(C(F)(F)F)CCN(c2cc(F)c(S(=O)(=O)Nc3cccc(F)n3)c(F)c2Cl)C1. The third-order valence-electron chi connectivity index (χ3n) is 5.73. The average Bonchev–Trinajstić information content (AvgIpc) is 3.15. The van der Waals surface area contributed by atoms with Crippen molar-refractivity contribution in [1.82, 2.24) is 9.88 Å². The van der Waals surface area contributed by atoms with Crippen LogP contribution >= 0.6 is 11.6 Å². The lowest BCUT2D eigenvalue weighted by Gasteiger charge is -2.35. The van der Waals surface area contributed by atoms with Crippen molar-refractivity contribution in [2.45, 2.75) is 24.4 Å². The molecule has 1 saturated heterocycles. The van der Waals surface area contributed by atoms with Crippen LogP contribution in [0.25, 0.3) is 0 Å². The van der Waals surface area contributed by atoms with Gasteiger partial charge in [-0.3, -0.25) is 4.72 Å². The summed E-state index contributed by atoms with van der Waals surface area (Å²) in [6, 6.07) is 3.69. The molecule has 3 rings (SSSR count). The number of sulfonamides is 1. The molecule has 1 N–H and O–H groups in total. The minimum atomic E-state index is -4.94. The number of nitrogens with one attached hydrogen (secondary N) is 1. The molecule has 1 aromatic carbocycles. The van der Waals surface area contributed by atoms with Gasteiger partial charge in [0.1, 0.15) is 16.7 Å². The van der Waals surface area contributed by atoms with Gasteiger partial charge in [0, 0.05) is 25.7 Å². The van der Waals surface area contributed by atoms with E-state index in [2.05, 4.69) is 4.98 Å². The quantitative estimate of drug-likeness (QED) is 0.320. The van der Waals surface area contributed by atoms with Gasteiger partial charge in [0.25, 0.3) is 10.0 Å². The Hall–Kier alpha value is -2.25. The van der Waals surface area contributed by atoms with Crippen LogP contribution in [0.2, 0.25) is 5.02 Å². The zero-order valence-electron chi connectivity index (χ0n) is 18.1. The first-order chi connectivity index (χ1) is 15.7. The number of hydrogen-bond acceptors (Lipinski definition) is 5. The molecule has 14 heteroatoms. The maximum atomic E-state index is 15.0. The second kappa shape index (κ2) is 9.42. The van der Waals surface area contributed by atoms with Crippen molar-refractivity contribution in [1.29, 1.82) is 0 Å². The maximum absolute atomic E-state index is 15.0. The molecule has 1 fully saturated rings. The van der Waals surface area contributed by atoms with Crippen LogP contribution in [0, 0.1) is 23.0 Å². The van der Waals surface area contributed by atoms with E-state index in [0.717, 1.165) is 23.1 Å². The molecule has 0 amide bonds. The molecule has 1 atom stereocenters. The van der Waals surface area contributed by atoms with Gasteiger partial charge >= 0.3 is 6.18 Å². The van der Waals surface area contributed by atoms with Crippen molar-refractivity contribution in [3.63, 3.8) is 0 Å². The highest BCUT2D eigenvalue weighted by molar-refractivity contribution is 7.92. The average molecular weight is 531 g/mol. The summed E-state index contributed by atoms with van der Waals surface area (Å²) in [5.74, 6) is -4.83. The number of hydrogen-bond donors (Lipinski definition) is 1. The first kappa shape index (κ1) is 26.4. The van der Waals surface area contributed by atoms with Crippen molar-refractivity contribution < 1.29 is 34.8 Å². The molecule has 188 valence electrons. The fraction of sp³-hybridized carbons (Fsp3) is 0.450. The molecule has 2 heterocycles.